The van der Waals surface area contributed by atoms with Crippen molar-refractivity contribution in [2.75, 3.05) is 7.11 Å². The first-order valence-electron chi connectivity index (χ1n) is 5.31. The van der Waals surface area contributed by atoms with Gasteiger partial charge < -0.3 is 10.5 Å². The van der Waals surface area contributed by atoms with Gasteiger partial charge in [-0.2, -0.15) is 0 Å². The molecule has 0 saturated heterocycles. The average molecular weight is 312 g/mol. The normalized spacial score (nSPS) is 12.4. The Morgan fingerprint density at radius 3 is 2.59 bits per heavy atom. The number of rotatable bonds is 4. The number of thiophene rings is 1. The molecule has 0 saturated carbocycles. The zero-order valence-electron chi connectivity index (χ0n) is 9.52. The molecule has 1 aromatic carbocycles. The van der Waals surface area contributed by atoms with Crippen molar-refractivity contribution >= 4 is 27.3 Å². The van der Waals surface area contributed by atoms with Crippen molar-refractivity contribution in [3.05, 3.63) is 50.6 Å². The second-order valence-electron chi connectivity index (χ2n) is 3.84. The molecule has 0 fully saturated rings. The van der Waals surface area contributed by atoms with E-state index in [0.717, 1.165) is 16.0 Å². The lowest BCUT2D eigenvalue weighted by Gasteiger charge is -2.10. The highest BCUT2D eigenvalue weighted by atomic mass is 79.9. The highest BCUT2D eigenvalue weighted by Gasteiger charge is 2.09. The summed E-state index contributed by atoms with van der Waals surface area (Å²) in [4.78, 5) is 0. The van der Waals surface area contributed by atoms with Crippen molar-refractivity contribution < 1.29 is 4.74 Å². The largest absolute Gasteiger partial charge is 0.497 e. The predicted molar refractivity (Wildman–Crippen MR) is 75.6 cm³/mol. The number of nitrogens with two attached hydrogens (primary N) is 1. The number of benzene rings is 1. The van der Waals surface area contributed by atoms with Gasteiger partial charge in [0.15, 0.2) is 0 Å². The molecule has 90 valence electrons. The molecule has 0 aliphatic carbocycles. The van der Waals surface area contributed by atoms with Crippen LogP contribution in [0.4, 0.5) is 0 Å². The van der Waals surface area contributed by atoms with Crippen LogP contribution in [0.25, 0.3) is 0 Å². The molecule has 17 heavy (non-hydrogen) atoms. The molecule has 0 radical (unpaired) electrons. The average Bonchev–Trinajstić information content (AvgIpc) is 2.77. The zero-order chi connectivity index (χ0) is 12.3. The molecule has 1 aromatic heterocycles. The lowest BCUT2D eigenvalue weighted by atomic mass is 10.0. The molecule has 2 nitrogen and oxygen atoms in total. The Morgan fingerprint density at radius 2 is 2.06 bits per heavy atom. The third kappa shape index (κ3) is 3.31. The van der Waals surface area contributed by atoms with E-state index in [2.05, 4.69) is 39.5 Å². The van der Waals surface area contributed by atoms with Gasteiger partial charge in [0.25, 0.3) is 0 Å². The first-order valence-corrected chi connectivity index (χ1v) is 6.99. The van der Waals surface area contributed by atoms with Crippen molar-refractivity contribution in [1.82, 2.24) is 0 Å². The monoisotopic (exact) mass is 311 g/mol. The topological polar surface area (TPSA) is 35.2 Å². The van der Waals surface area contributed by atoms with E-state index in [1.54, 1.807) is 18.4 Å². The molecule has 1 heterocycles. The first kappa shape index (κ1) is 12.6. The van der Waals surface area contributed by atoms with Crippen LogP contribution >= 0.6 is 27.3 Å². The van der Waals surface area contributed by atoms with Gasteiger partial charge in [0.2, 0.25) is 0 Å². The fraction of sp³-hybridized carbons (Fsp3) is 0.231. The van der Waals surface area contributed by atoms with E-state index in [4.69, 9.17) is 10.5 Å². The molecule has 0 spiro atoms. The van der Waals surface area contributed by atoms with E-state index in [1.165, 1.54) is 11.1 Å². The Bertz CT molecular complexity index is 480. The van der Waals surface area contributed by atoms with Crippen LogP contribution in [-0.2, 0) is 6.42 Å². The lowest BCUT2D eigenvalue weighted by Crippen LogP contribution is -2.12. The maximum atomic E-state index is 6.17. The maximum absolute atomic E-state index is 6.17. The number of hydrogen-bond acceptors (Lipinski definition) is 3. The van der Waals surface area contributed by atoms with E-state index < -0.39 is 0 Å². The first-order chi connectivity index (χ1) is 8.19. The fourth-order valence-electron chi connectivity index (χ4n) is 1.65. The van der Waals surface area contributed by atoms with Gasteiger partial charge in [0, 0.05) is 6.04 Å². The molecule has 1 unspecified atom stereocenters. The van der Waals surface area contributed by atoms with Gasteiger partial charge in [-0.15, -0.1) is 11.3 Å². The zero-order valence-corrected chi connectivity index (χ0v) is 11.9. The molecule has 2 N–H and O–H groups in total. The van der Waals surface area contributed by atoms with E-state index in [9.17, 15) is 0 Å². The van der Waals surface area contributed by atoms with Gasteiger partial charge in [-0.1, -0.05) is 12.1 Å². The summed E-state index contributed by atoms with van der Waals surface area (Å²) in [5.41, 5.74) is 8.57. The van der Waals surface area contributed by atoms with E-state index >= 15 is 0 Å². The highest BCUT2D eigenvalue weighted by Crippen LogP contribution is 2.26. The van der Waals surface area contributed by atoms with Gasteiger partial charge in [-0.05, 0) is 57.1 Å². The van der Waals surface area contributed by atoms with Gasteiger partial charge in [-0.25, -0.2) is 0 Å². The van der Waals surface area contributed by atoms with Gasteiger partial charge in [0.1, 0.15) is 5.75 Å². The van der Waals surface area contributed by atoms with E-state index in [0.29, 0.717) is 0 Å². The third-order valence-corrected chi connectivity index (χ3v) is 4.15. The minimum Gasteiger partial charge on any atom is -0.497 e. The third-order valence-electron chi connectivity index (χ3n) is 2.63. The number of ether oxygens (including phenoxy) is 1. The molecule has 2 rings (SSSR count). The maximum Gasteiger partial charge on any atom is 0.118 e. The van der Waals surface area contributed by atoms with E-state index in [-0.39, 0.29) is 6.04 Å². The predicted octanol–water partition coefficient (Wildman–Crippen LogP) is 3.76. The molecule has 0 aliphatic heterocycles. The van der Waals surface area contributed by atoms with Crippen LogP contribution < -0.4 is 10.5 Å². The molecule has 0 amide bonds. The summed E-state index contributed by atoms with van der Waals surface area (Å²) < 4.78 is 6.25. The molecule has 1 atom stereocenters. The second-order valence-corrected chi connectivity index (χ2v) is 6.13. The van der Waals surface area contributed by atoms with Crippen LogP contribution in [0.3, 0.4) is 0 Å². The van der Waals surface area contributed by atoms with Crippen LogP contribution in [0.15, 0.2) is 39.5 Å². The highest BCUT2D eigenvalue weighted by molar-refractivity contribution is 9.11. The standard InChI is InChI=1S/C13H14BrNOS/c1-16-11-4-2-9(3-5-11)6-12(15)10-7-13(14)17-8-10/h2-5,7-8,12H,6,15H2,1H3. The minimum atomic E-state index is 0.0472. The lowest BCUT2D eigenvalue weighted by molar-refractivity contribution is 0.414. The van der Waals surface area contributed by atoms with Crippen molar-refractivity contribution in [1.29, 1.82) is 0 Å². The van der Waals surface area contributed by atoms with Gasteiger partial charge in [0.05, 0.1) is 10.9 Å². The van der Waals surface area contributed by atoms with Crippen molar-refractivity contribution in [3.63, 3.8) is 0 Å². The summed E-state index contributed by atoms with van der Waals surface area (Å²) in [7, 11) is 1.67. The molecule has 0 bridgehead atoms. The van der Waals surface area contributed by atoms with Crippen LogP contribution in [0.5, 0.6) is 5.75 Å². The summed E-state index contributed by atoms with van der Waals surface area (Å²) in [6.45, 7) is 0. The Hall–Kier alpha value is -0.840. The van der Waals surface area contributed by atoms with Crippen molar-refractivity contribution in [3.8, 4) is 5.75 Å². The van der Waals surface area contributed by atoms with Crippen molar-refractivity contribution in [2.45, 2.75) is 12.5 Å². The minimum absolute atomic E-state index is 0.0472. The SMILES string of the molecule is COc1ccc(CC(N)c2csc(Br)c2)cc1. The summed E-state index contributed by atoms with van der Waals surface area (Å²) in [6, 6.07) is 10.2. The summed E-state index contributed by atoms with van der Waals surface area (Å²) in [5, 5.41) is 2.10. The van der Waals surface area contributed by atoms with E-state index in [1.807, 2.05) is 12.1 Å². The van der Waals surface area contributed by atoms with Crippen LogP contribution in [0.1, 0.15) is 17.2 Å². The Balaban J connectivity index is 2.04. The Morgan fingerprint density at radius 1 is 1.35 bits per heavy atom. The van der Waals surface area contributed by atoms with Gasteiger partial charge >= 0.3 is 0 Å². The van der Waals surface area contributed by atoms with Gasteiger partial charge in [-0.3, -0.25) is 0 Å². The second kappa shape index (κ2) is 5.67. The number of hydrogen-bond donors (Lipinski definition) is 1. The molecule has 0 aliphatic rings. The quantitative estimate of drug-likeness (QED) is 0.933. The molecular formula is C13H14BrNOS. The van der Waals surface area contributed by atoms with Crippen LogP contribution in [0.2, 0.25) is 0 Å². The smallest absolute Gasteiger partial charge is 0.118 e. The summed E-state index contributed by atoms with van der Waals surface area (Å²) in [5.74, 6) is 0.876. The fourth-order valence-corrected chi connectivity index (χ4v) is 2.89. The molecule has 2 aromatic rings. The Labute approximate surface area is 114 Å². The summed E-state index contributed by atoms with van der Waals surface area (Å²) >= 11 is 5.12. The van der Waals surface area contributed by atoms with Crippen molar-refractivity contribution in [2.24, 2.45) is 5.73 Å². The summed E-state index contributed by atoms with van der Waals surface area (Å²) in [6.07, 6.45) is 0.840. The Kier molecular flexibility index (Phi) is 4.20. The molecule has 4 heteroatoms. The number of methoxy groups -OCH3 is 1. The van der Waals surface area contributed by atoms with Crippen LogP contribution in [0, 0.1) is 0 Å². The molecular weight excluding hydrogens is 298 g/mol. The van der Waals surface area contributed by atoms with Crippen LogP contribution in [-0.4, -0.2) is 7.11 Å². The number of halogens is 1.